The minimum atomic E-state index is -0.898. The van der Waals surface area contributed by atoms with Gasteiger partial charge in [0, 0.05) is 0 Å². The molecule has 5 nitrogen and oxygen atoms in total. The summed E-state index contributed by atoms with van der Waals surface area (Å²) in [7, 11) is 0. The molecule has 13 heavy (non-hydrogen) atoms. The third-order valence-corrected chi connectivity index (χ3v) is 2.38. The molecule has 1 fully saturated rings. The highest BCUT2D eigenvalue weighted by Gasteiger charge is 2.19. The molecule has 0 aromatic rings. The summed E-state index contributed by atoms with van der Waals surface area (Å²) in [5, 5.41) is 11.0. The van der Waals surface area contributed by atoms with Crippen molar-refractivity contribution in [1.82, 2.24) is 5.32 Å². The Hall–Kier alpha value is -0.750. The molecule has 1 aliphatic rings. The highest BCUT2D eigenvalue weighted by Crippen LogP contribution is 2.02. The average molecular weight is 205 g/mol. The molecule has 0 spiro atoms. The predicted octanol–water partition coefficient (Wildman–Crippen LogP) is -0.681. The third kappa shape index (κ3) is 4.14. The molecule has 0 aliphatic carbocycles. The quantitative estimate of drug-likeness (QED) is 0.622. The van der Waals surface area contributed by atoms with Crippen LogP contribution in [0.15, 0.2) is 0 Å². The van der Waals surface area contributed by atoms with E-state index in [9.17, 15) is 9.59 Å². The lowest BCUT2D eigenvalue weighted by molar-refractivity contribution is -0.133. The topological polar surface area (TPSA) is 75.6 Å². The second-order valence-corrected chi connectivity index (χ2v) is 3.67. The van der Waals surface area contributed by atoms with E-state index in [4.69, 9.17) is 9.84 Å². The maximum absolute atomic E-state index is 11.0. The van der Waals surface area contributed by atoms with Gasteiger partial charge in [0.1, 0.15) is 0 Å². The monoisotopic (exact) mass is 205 g/mol. The summed E-state index contributed by atoms with van der Waals surface area (Å²) in [5.74, 6) is -0.860. The Morgan fingerprint density at radius 3 is 2.62 bits per heavy atom. The van der Waals surface area contributed by atoms with Gasteiger partial charge < -0.3 is 15.2 Å². The van der Waals surface area contributed by atoms with Crippen LogP contribution in [0.5, 0.6) is 0 Å². The van der Waals surface area contributed by atoms with Crippen molar-refractivity contribution in [1.29, 1.82) is 0 Å². The van der Waals surface area contributed by atoms with Gasteiger partial charge in [-0.15, -0.1) is 11.8 Å². The van der Waals surface area contributed by atoms with Crippen molar-refractivity contribution in [2.45, 2.75) is 6.04 Å². The van der Waals surface area contributed by atoms with Crippen LogP contribution in [0.1, 0.15) is 0 Å². The van der Waals surface area contributed by atoms with Crippen molar-refractivity contribution in [3.8, 4) is 0 Å². The Labute approximate surface area is 79.8 Å². The van der Waals surface area contributed by atoms with Gasteiger partial charge in [0.15, 0.2) is 0 Å². The van der Waals surface area contributed by atoms with E-state index in [0.29, 0.717) is 13.2 Å². The molecular formula is C7H11NO4S. The molecule has 0 aromatic heterocycles. The van der Waals surface area contributed by atoms with E-state index >= 15 is 0 Å². The second-order valence-electron chi connectivity index (χ2n) is 2.69. The lowest BCUT2D eigenvalue weighted by Crippen LogP contribution is -2.49. The summed E-state index contributed by atoms with van der Waals surface area (Å²) in [4.78, 5) is 21.1. The predicted molar refractivity (Wildman–Crippen MR) is 47.7 cm³/mol. The van der Waals surface area contributed by atoms with Crippen LogP contribution >= 0.6 is 11.8 Å². The highest BCUT2D eigenvalue weighted by molar-refractivity contribution is 8.00. The standard InChI is InChI=1S/C7H11NO4S/c9-6(3-13-4-7(10)11)8-5-1-12-2-5/h5H,1-4H2,(H,8,9)(H,10,11). The number of carbonyl (C=O) groups excluding carboxylic acids is 1. The van der Waals surface area contributed by atoms with Gasteiger partial charge >= 0.3 is 5.97 Å². The van der Waals surface area contributed by atoms with Gasteiger partial charge in [-0.25, -0.2) is 0 Å². The first-order chi connectivity index (χ1) is 6.18. The summed E-state index contributed by atoms with van der Waals surface area (Å²) in [6, 6.07) is 0.123. The van der Waals surface area contributed by atoms with Crippen LogP contribution in [0.2, 0.25) is 0 Å². The second kappa shape index (κ2) is 5.08. The fourth-order valence-electron chi connectivity index (χ4n) is 0.819. The number of ether oxygens (including phenoxy) is 1. The van der Waals surface area contributed by atoms with Crippen molar-refractivity contribution in [3.63, 3.8) is 0 Å². The molecule has 2 N–H and O–H groups in total. The summed E-state index contributed by atoms with van der Waals surface area (Å²) in [6.45, 7) is 1.13. The fraction of sp³-hybridized carbons (Fsp3) is 0.714. The number of aliphatic carboxylic acids is 1. The Bertz CT molecular complexity index is 205. The largest absolute Gasteiger partial charge is 0.481 e. The Balaban J connectivity index is 2.00. The van der Waals surface area contributed by atoms with E-state index < -0.39 is 5.97 Å². The number of thioether (sulfide) groups is 1. The first kappa shape index (κ1) is 10.3. The zero-order chi connectivity index (χ0) is 9.68. The number of nitrogens with one attached hydrogen (secondary N) is 1. The van der Waals surface area contributed by atoms with Crippen molar-refractivity contribution in [3.05, 3.63) is 0 Å². The number of rotatable bonds is 5. The maximum Gasteiger partial charge on any atom is 0.313 e. The summed E-state index contributed by atoms with van der Waals surface area (Å²) >= 11 is 1.09. The summed E-state index contributed by atoms with van der Waals surface area (Å²) < 4.78 is 4.86. The van der Waals surface area contributed by atoms with E-state index in [1.807, 2.05) is 0 Å². The molecule has 0 radical (unpaired) electrons. The zero-order valence-corrected chi connectivity index (χ0v) is 7.80. The molecule has 6 heteroatoms. The SMILES string of the molecule is O=C(O)CSCC(=O)NC1COC1. The molecule has 1 amide bonds. The number of carboxylic acids is 1. The number of amides is 1. The molecule has 1 saturated heterocycles. The van der Waals surface area contributed by atoms with Gasteiger partial charge in [0.05, 0.1) is 30.8 Å². The van der Waals surface area contributed by atoms with Gasteiger partial charge in [0.25, 0.3) is 0 Å². The van der Waals surface area contributed by atoms with Crippen LogP contribution in [0.4, 0.5) is 0 Å². The Morgan fingerprint density at radius 1 is 1.46 bits per heavy atom. The molecule has 1 heterocycles. The minimum absolute atomic E-state index is 0.0331. The van der Waals surface area contributed by atoms with Crippen LogP contribution in [-0.4, -0.2) is 47.7 Å². The van der Waals surface area contributed by atoms with Gasteiger partial charge in [0.2, 0.25) is 5.91 Å². The summed E-state index contributed by atoms with van der Waals surface area (Å²) in [6.07, 6.45) is 0. The van der Waals surface area contributed by atoms with Crippen LogP contribution in [-0.2, 0) is 14.3 Å². The molecule has 0 saturated carbocycles. The first-order valence-corrected chi connectivity index (χ1v) is 5.00. The van der Waals surface area contributed by atoms with Crippen molar-refractivity contribution in [2.24, 2.45) is 0 Å². The molecule has 74 valence electrons. The minimum Gasteiger partial charge on any atom is -0.481 e. The Kier molecular flexibility index (Phi) is 4.04. The number of carboxylic acid groups (broad SMARTS) is 1. The number of hydrogen-bond acceptors (Lipinski definition) is 4. The molecule has 1 rings (SSSR count). The molecule has 0 aromatic carbocycles. The lowest BCUT2D eigenvalue weighted by atomic mass is 10.2. The van der Waals surface area contributed by atoms with Crippen molar-refractivity contribution in [2.75, 3.05) is 24.7 Å². The fourth-order valence-corrected chi connectivity index (χ4v) is 1.36. The van der Waals surface area contributed by atoms with Gasteiger partial charge in [-0.05, 0) is 0 Å². The number of hydrogen-bond donors (Lipinski definition) is 2. The molecule has 1 aliphatic heterocycles. The van der Waals surface area contributed by atoms with E-state index in [0.717, 1.165) is 11.8 Å². The third-order valence-electron chi connectivity index (χ3n) is 1.46. The van der Waals surface area contributed by atoms with Crippen LogP contribution < -0.4 is 5.32 Å². The van der Waals surface area contributed by atoms with Gasteiger partial charge in [-0.1, -0.05) is 0 Å². The van der Waals surface area contributed by atoms with Crippen molar-refractivity contribution < 1.29 is 19.4 Å². The van der Waals surface area contributed by atoms with E-state index in [2.05, 4.69) is 5.32 Å². The maximum atomic E-state index is 11.0. The molecule has 0 atom stereocenters. The van der Waals surface area contributed by atoms with Crippen LogP contribution in [0.25, 0.3) is 0 Å². The smallest absolute Gasteiger partial charge is 0.313 e. The highest BCUT2D eigenvalue weighted by atomic mass is 32.2. The van der Waals surface area contributed by atoms with E-state index in [-0.39, 0.29) is 23.5 Å². The van der Waals surface area contributed by atoms with Crippen LogP contribution in [0.3, 0.4) is 0 Å². The van der Waals surface area contributed by atoms with Crippen molar-refractivity contribution >= 4 is 23.6 Å². The first-order valence-electron chi connectivity index (χ1n) is 3.85. The molecule has 0 bridgehead atoms. The van der Waals surface area contributed by atoms with Crippen LogP contribution in [0, 0.1) is 0 Å². The van der Waals surface area contributed by atoms with Gasteiger partial charge in [-0.2, -0.15) is 0 Å². The normalized spacial score (nSPS) is 16.3. The molecule has 0 unspecified atom stereocenters. The van der Waals surface area contributed by atoms with E-state index in [1.54, 1.807) is 0 Å². The summed E-state index contributed by atoms with van der Waals surface area (Å²) in [5.41, 5.74) is 0. The average Bonchev–Trinajstić information content (AvgIpc) is 1.96. The van der Waals surface area contributed by atoms with E-state index in [1.165, 1.54) is 0 Å². The lowest BCUT2D eigenvalue weighted by Gasteiger charge is -2.26. The van der Waals surface area contributed by atoms with Gasteiger partial charge in [-0.3, -0.25) is 9.59 Å². The molecular weight excluding hydrogens is 194 g/mol. The Morgan fingerprint density at radius 2 is 2.15 bits per heavy atom. The number of carbonyl (C=O) groups is 2. The zero-order valence-electron chi connectivity index (χ0n) is 6.99.